The second-order valence-corrected chi connectivity index (χ2v) is 8.44. The van der Waals surface area contributed by atoms with Crippen molar-refractivity contribution in [1.82, 2.24) is 4.90 Å². The van der Waals surface area contributed by atoms with E-state index in [2.05, 4.69) is 13.8 Å². The van der Waals surface area contributed by atoms with Gasteiger partial charge < -0.3 is 10.0 Å². The summed E-state index contributed by atoms with van der Waals surface area (Å²) in [5, 5.41) is 10.1. The van der Waals surface area contributed by atoms with Gasteiger partial charge in [0, 0.05) is 22.3 Å². The van der Waals surface area contributed by atoms with E-state index in [1.807, 2.05) is 24.3 Å². The molecule has 1 aromatic carbocycles. The van der Waals surface area contributed by atoms with E-state index in [0.29, 0.717) is 23.3 Å². The number of carboxylic acid groups (broad SMARTS) is 1. The number of hydrogen-bond donors (Lipinski definition) is 1. The Bertz CT molecular complexity index is 599. The van der Waals surface area contributed by atoms with Crippen LogP contribution >= 0.6 is 11.8 Å². The molecule has 3 rings (SSSR count). The summed E-state index contributed by atoms with van der Waals surface area (Å²) < 4.78 is 0. The van der Waals surface area contributed by atoms with E-state index < -0.39 is 12.0 Å². The molecular formula is C18H23NO3S. The minimum Gasteiger partial charge on any atom is -0.480 e. The molecule has 0 bridgehead atoms. The van der Waals surface area contributed by atoms with Gasteiger partial charge in [0.25, 0.3) is 5.91 Å². The number of thioether (sulfide) groups is 1. The fourth-order valence-electron chi connectivity index (χ4n) is 3.94. The summed E-state index contributed by atoms with van der Waals surface area (Å²) in [6.07, 6.45) is 3.06. The van der Waals surface area contributed by atoms with Crippen molar-refractivity contribution >= 4 is 23.6 Å². The number of amides is 1. The summed E-state index contributed by atoms with van der Waals surface area (Å²) in [5.74, 6) is -0.518. The monoisotopic (exact) mass is 333 g/mol. The van der Waals surface area contributed by atoms with Gasteiger partial charge >= 0.3 is 5.97 Å². The van der Waals surface area contributed by atoms with E-state index >= 15 is 0 Å². The molecule has 0 radical (unpaired) electrons. The third kappa shape index (κ3) is 3.25. The minimum absolute atomic E-state index is 0.132. The number of carbonyl (C=O) groups excluding carboxylic acids is 1. The zero-order valence-electron chi connectivity index (χ0n) is 13.6. The molecule has 0 spiro atoms. The van der Waals surface area contributed by atoms with Crippen LogP contribution in [0.1, 0.15) is 43.5 Å². The van der Waals surface area contributed by atoms with Crippen LogP contribution in [0.3, 0.4) is 0 Å². The lowest BCUT2D eigenvalue weighted by Gasteiger charge is -2.24. The van der Waals surface area contributed by atoms with Crippen LogP contribution in [0, 0.1) is 11.8 Å². The maximum Gasteiger partial charge on any atom is 0.326 e. The zero-order chi connectivity index (χ0) is 16.6. The molecule has 5 heteroatoms. The minimum atomic E-state index is -0.861. The molecule has 124 valence electrons. The Morgan fingerprint density at radius 1 is 1.22 bits per heavy atom. The van der Waals surface area contributed by atoms with Crippen molar-refractivity contribution in [2.75, 3.05) is 6.54 Å². The van der Waals surface area contributed by atoms with Crippen molar-refractivity contribution in [3.8, 4) is 0 Å². The number of likely N-dealkylation sites (tertiary alicyclic amines) is 1. The molecule has 23 heavy (non-hydrogen) atoms. The first-order valence-electron chi connectivity index (χ1n) is 8.28. The van der Waals surface area contributed by atoms with Crippen LogP contribution in [0.25, 0.3) is 0 Å². The number of fused-ring (bicyclic) bond motifs is 1. The predicted octanol–water partition coefficient (Wildman–Crippen LogP) is 3.51. The normalized spacial score (nSPS) is 26.6. The predicted molar refractivity (Wildman–Crippen MR) is 90.7 cm³/mol. The average molecular weight is 333 g/mol. The van der Waals surface area contributed by atoms with Crippen LogP contribution in [0.5, 0.6) is 0 Å². The molecule has 3 unspecified atom stereocenters. The van der Waals surface area contributed by atoms with Gasteiger partial charge in [-0.25, -0.2) is 4.79 Å². The standard InChI is InChI=1S/C18H23NO3S/c1-11(2)23-14-8-6-12(7-9-14)17(20)19-10-13-4-3-5-15(13)16(19)18(21)22/h6-9,11,13,15-16H,3-5,10H2,1-2H3,(H,21,22). The van der Waals surface area contributed by atoms with Crippen molar-refractivity contribution < 1.29 is 14.7 Å². The summed E-state index contributed by atoms with van der Waals surface area (Å²) in [6.45, 7) is 4.84. The molecule has 1 aromatic rings. The number of carboxylic acids is 1. The highest BCUT2D eigenvalue weighted by atomic mass is 32.2. The highest BCUT2D eigenvalue weighted by Crippen LogP contribution is 2.42. The number of nitrogens with zero attached hydrogens (tertiary/aromatic N) is 1. The van der Waals surface area contributed by atoms with Gasteiger partial charge in [0.1, 0.15) is 6.04 Å². The fourth-order valence-corrected chi connectivity index (χ4v) is 4.78. The van der Waals surface area contributed by atoms with Gasteiger partial charge in [0.2, 0.25) is 0 Å². The molecule has 1 amide bonds. The Morgan fingerprint density at radius 3 is 2.52 bits per heavy atom. The van der Waals surface area contributed by atoms with E-state index in [9.17, 15) is 14.7 Å². The second kappa shape index (κ2) is 6.56. The van der Waals surface area contributed by atoms with Gasteiger partial charge in [-0.2, -0.15) is 0 Å². The highest BCUT2D eigenvalue weighted by molar-refractivity contribution is 7.99. The summed E-state index contributed by atoms with van der Waals surface area (Å²) in [4.78, 5) is 27.2. The molecular weight excluding hydrogens is 310 g/mol. The molecule has 1 saturated heterocycles. The van der Waals surface area contributed by atoms with Gasteiger partial charge in [0.15, 0.2) is 0 Å². The molecule has 2 fully saturated rings. The Morgan fingerprint density at radius 2 is 1.91 bits per heavy atom. The smallest absolute Gasteiger partial charge is 0.326 e. The molecule has 1 heterocycles. The maximum atomic E-state index is 12.8. The quantitative estimate of drug-likeness (QED) is 0.857. The van der Waals surface area contributed by atoms with E-state index in [4.69, 9.17) is 0 Å². The van der Waals surface area contributed by atoms with Crippen LogP contribution in [-0.2, 0) is 4.79 Å². The number of hydrogen-bond acceptors (Lipinski definition) is 3. The van der Waals surface area contributed by atoms with Crippen LogP contribution < -0.4 is 0 Å². The first kappa shape index (κ1) is 16.4. The second-order valence-electron chi connectivity index (χ2n) is 6.79. The molecule has 1 aliphatic heterocycles. The van der Waals surface area contributed by atoms with Gasteiger partial charge in [-0.3, -0.25) is 4.79 Å². The molecule has 4 nitrogen and oxygen atoms in total. The molecule has 1 N–H and O–H groups in total. The number of benzene rings is 1. The Labute approximate surface area is 141 Å². The summed E-state index contributed by atoms with van der Waals surface area (Å²) in [5.41, 5.74) is 0.587. The molecule has 3 atom stereocenters. The Hall–Kier alpha value is -1.49. The maximum absolute atomic E-state index is 12.8. The number of rotatable bonds is 4. The number of carbonyl (C=O) groups is 2. The van der Waals surface area contributed by atoms with Crippen LogP contribution in [0.4, 0.5) is 0 Å². The Balaban J connectivity index is 1.78. The van der Waals surface area contributed by atoms with E-state index in [-0.39, 0.29) is 11.8 Å². The third-order valence-electron chi connectivity index (χ3n) is 4.88. The largest absolute Gasteiger partial charge is 0.480 e. The topological polar surface area (TPSA) is 57.6 Å². The van der Waals surface area contributed by atoms with Gasteiger partial charge in [-0.05, 0) is 48.9 Å². The lowest BCUT2D eigenvalue weighted by Crippen LogP contribution is -2.43. The van der Waals surface area contributed by atoms with Gasteiger partial charge in [-0.1, -0.05) is 20.3 Å². The van der Waals surface area contributed by atoms with Gasteiger partial charge in [0.05, 0.1) is 0 Å². The van der Waals surface area contributed by atoms with Crippen molar-refractivity contribution in [2.45, 2.75) is 49.3 Å². The van der Waals surface area contributed by atoms with E-state index in [1.54, 1.807) is 16.7 Å². The summed E-state index contributed by atoms with van der Waals surface area (Å²) >= 11 is 1.75. The van der Waals surface area contributed by atoms with Crippen molar-refractivity contribution in [3.63, 3.8) is 0 Å². The van der Waals surface area contributed by atoms with Gasteiger partial charge in [-0.15, -0.1) is 11.8 Å². The summed E-state index contributed by atoms with van der Waals surface area (Å²) in [7, 11) is 0. The van der Waals surface area contributed by atoms with Crippen LogP contribution in [0.2, 0.25) is 0 Å². The molecule has 1 aliphatic carbocycles. The zero-order valence-corrected chi connectivity index (χ0v) is 14.4. The lowest BCUT2D eigenvalue weighted by atomic mass is 9.94. The highest BCUT2D eigenvalue weighted by Gasteiger charge is 2.49. The first-order valence-corrected chi connectivity index (χ1v) is 9.16. The van der Waals surface area contributed by atoms with Crippen LogP contribution in [-0.4, -0.2) is 39.7 Å². The van der Waals surface area contributed by atoms with Crippen molar-refractivity contribution in [3.05, 3.63) is 29.8 Å². The third-order valence-corrected chi connectivity index (χ3v) is 5.89. The SMILES string of the molecule is CC(C)Sc1ccc(C(=O)N2CC3CCCC3C2C(=O)O)cc1. The number of aliphatic carboxylic acids is 1. The first-order chi connectivity index (χ1) is 11.0. The van der Waals surface area contributed by atoms with E-state index in [0.717, 1.165) is 24.2 Å². The van der Waals surface area contributed by atoms with Crippen LogP contribution in [0.15, 0.2) is 29.2 Å². The summed E-state index contributed by atoms with van der Waals surface area (Å²) in [6, 6.07) is 6.88. The molecule has 1 saturated carbocycles. The van der Waals surface area contributed by atoms with Crippen molar-refractivity contribution in [1.29, 1.82) is 0 Å². The lowest BCUT2D eigenvalue weighted by molar-refractivity contribution is -0.142. The van der Waals surface area contributed by atoms with E-state index in [1.165, 1.54) is 0 Å². The fraction of sp³-hybridized carbons (Fsp3) is 0.556. The molecule has 2 aliphatic rings. The molecule has 0 aromatic heterocycles. The Kier molecular flexibility index (Phi) is 4.67. The average Bonchev–Trinajstić information content (AvgIpc) is 3.06. The van der Waals surface area contributed by atoms with Crippen molar-refractivity contribution in [2.24, 2.45) is 11.8 Å².